The first-order chi connectivity index (χ1) is 12.5. The summed E-state index contributed by atoms with van der Waals surface area (Å²) in [6, 6.07) is 18.4. The maximum Gasteiger partial charge on any atom is 0.337 e. The number of H-pyrrole nitrogens is 1. The molecule has 0 aliphatic heterocycles. The summed E-state index contributed by atoms with van der Waals surface area (Å²) < 4.78 is 0. The van der Waals surface area contributed by atoms with Gasteiger partial charge in [-0.25, -0.2) is 9.78 Å². The maximum atomic E-state index is 11.6. The van der Waals surface area contributed by atoms with E-state index in [4.69, 9.17) is 0 Å². The lowest BCUT2D eigenvalue weighted by atomic mass is 9.98. The standard InChI is InChI=1S/C21H16N2O3/c1-12-22-19-11-16(10-18(21(25)26)20(19)23-12)15-4-2-13(3-5-15)14-6-8-17(24)9-7-14/h2-11,24H,1H3,(H,22,23)(H,25,26). The largest absolute Gasteiger partial charge is 0.508 e. The van der Waals surface area contributed by atoms with Crippen LogP contribution in [0.2, 0.25) is 0 Å². The van der Waals surface area contributed by atoms with Crippen LogP contribution in [0, 0.1) is 6.92 Å². The van der Waals surface area contributed by atoms with Gasteiger partial charge in [-0.3, -0.25) is 0 Å². The summed E-state index contributed by atoms with van der Waals surface area (Å²) >= 11 is 0. The van der Waals surface area contributed by atoms with Crippen molar-refractivity contribution in [2.75, 3.05) is 0 Å². The molecule has 4 rings (SSSR count). The maximum absolute atomic E-state index is 11.6. The number of hydrogen-bond acceptors (Lipinski definition) is 3. The van der Waals surface area contributed by atoms with Crippen LogP contribution < -0.4 is 0 Å². The molecule has 3 N–H and O–H groups in total. The fourth-order valence-corrected chi connectivity index (χ4v) is 3.08. The minimum Gasteiger partial charge on any atom is -0.508 e. The minimum absolute atomic E-state index is 0.185. The van der Waals surface area contributed by atoms with Gasteiger partial charge in [0, 0.05) is 0 Å². The van der Waals surface area contributed by atoms with Crippen LogP contribution in [0.5, 0.6) is 5.75 Å². The van der Waals surface area contributed by atoms with Crippen molar-refractivity contribution in [2.45, 2.75) is 6.92 Å². The van der Waals surface area contributed by atoms with E-state index in [1.165, 1.54) is 0 Å². The molecule has 0 saturated heterocycles. The van der Waals surface area contributed by atoms with Gasteiger partial charge in [-0.2, -0.15) is 0 Å². The number of hydrogen-bond donors (Lipinski definition) is 3. The lowest BCUT2D eigenvalue weighted by Gasteiger charge is -2.07. The Hall–Kier alpha value is -3.60. The molecule has 0 spiro atoms. The molecule has 0 amide bonds. The van der Waals surface area contributed by atoms with Gasteiger partial charge in [0.1, 0.15) is 17.1 Å². The SMILES string of the molecule is Cc1nc2c(C(=O)O)cc(-c3ccc(-c4ccc(O)cc4)cc3)cc2[nH]1. The summed E-state index contributed by atoms with van der Waals surface area (Å²) in [5.74, 6) is -0.0823. The second-order valence-corrected chi connectivity index (χ2v) is 6.17. The zero-order valence-electron chi connectivity index (χ0n) is 14.0. The van der Waals surface area contributed by atoms with E-state index < -0.39 is 5.97 Å². The van der Waals surface area contributed by atoms with E-state index in [0.29, 0.717) is 16.9 Å². The first kappa shape index (κ1) is 15.9. The van der Waals surface area contributed by atoms with Gasteiger partial charge in [-0.1, -0.05) is 36.4 Å². The van der Waals surface area contributed by atoms with Crippen molar-refractivity contribution in [3.8, 4) is 28.0 Å². The number of carbonyl (C=O) groups is 1. The smallest absolute Gasteiger partial charge is 0.337 e. The topological polar surface area (TPSA) is 86.2 Å². The first-order valence-electron chi connectivity index (χ1n) is 8.15. The molecule has 0 radical (unpaired) electrons. The third-order valence-corrected chi connectivity index (χ3v) is 4.35. The molecule has 0 fully saturated rings. The fraction of sp³-hybridized carbons (Fsp3) is 0.0476. The number of aromatic amines is 1. The van der Waals surface area contributed by atoms with Crippen molar-refractivity contribution in [2.24, 2.45) is 0 Å². The number of carboxylic acid groups (broad SMARTS) is 1. The van der Waals surface area contributed by atoms with Gasteiger partial charge in [0.15, 0.2) is 0 Å². The highest BCUT2D eigenvalue weighted by Crippen LogP contribution is 2.29. The molecule has 0 aliphatic carbocycles. The van der Waals surface area contributed by atoms with Crippen LogP contribution in [0.1, 0.15) is 16.2 Å². The number of fused-ring (bicyclic) bond motifs is 1. The van der Waals surface area contributed by atoms with Gasteiger partial charge in [0.25, 0.3) is 0 Å². The number of aromatic nitrogens is 2. The van der Waals surface area contributed by atoms with E-state index in [9.17, 15) is 15.0 Å². The molecular weight excluding hydrogens is 328 g/mol. The third kappa shape index (κ3) is 2.80. The Balaban J connectivity index is 1.77. The Labute approximate surface area is 149 Å². The molecule has 5 nitrogen and oxygen atoms in total. The first-order valence-corrected chi connectivity index (χ1v) is 8.15. The van der Waals surface area contributed by atoms with Gasteiger partial charge < -0.3 is 15.2 Å². The van der Waals surface area contributed by atoms with Crippen molar-refractivity contribution in [1.29, 1.82) is 0 Å². The second-order valence-electron chi connectivity index (χ2n) is 6.17. The van der Waals surface area contributed by atoms with Crippen molar-refractivity contribution < 1.29 is 15.0 Å². The summed E-state index contributed by atoms with van der Waals surface area (Å²) in [6.07, 6.45) is 0. The number of aryl methyl sites for hydroxylation is 1. The monoisotopic (exact) mass is 344 g/mol. The second kappa shape index (κ2) is 6.04. The number of nitrogens with one attached hydrogen (secondary N) is 1. The Bertz CT molecular complexity index is 1110. The van der Waals surface area contributed by atoms with Gasteiger partial charge in [0.05, 0.1) is 11.1 Å². The molecule has 1 aromatic heterocycles. The Morgan fingerprint density at radius 3 is 2.00 bits per heavy atom. The molecule has 128 valence electrons. The highest BCUT2D eigenvalue weighted by Gasteiger charge is 2.14. The average Bonchev–Trinajstić information content (AvgIpc) is 3.01. The van der Waals surface area contributed by atoms with Crippen molar-refractivity contribution >= 4 is 17.0 Å². The molecule has 0 saturated carbocycles. The zero-order chi connectivity index (χ0) is 18.3. The van der Waals surface area contributed by atoms with Crippen molar-refractivity contribution in [3.05, 3.63) is 72.1 Å². The van der Waals surface area contributed by atoms with Crippen LogP contribution in [0.25, 0.3) is 33.3 Å². The van der Waals surface area contributed by atoms with Gasteiger partial charge >= 0.3 is 5.97 Å². The number of aromatic carboxylic acids is 1. The van der Waals surface area contributed by atoms with Crippen LogP contribution >= 0.6 is 0 Å². The van der Waals surface area contributed by atoms with Crippen LogP contribution in [0.3, 0.4) is 0 Å². The molecule has 4 aromatic rings. The van der Waals surface area contributed by atoms with Crippen LogP contribution in [0.15, 0.2) is 60.7 Å². The number of imidazole rings is 1. The molecule has 26 heavy (non-hydrogen) atoms. The number of nitrogens with zero attached hydrogens (tertiary/aromatic N) is 1. The number of phenols is 1. The number of rotatable bonds is 3. The quantitative estimate of drug-likeness (QED) is 0.506. The normalized spacial score (nSPS) is 11.0. The lowest BCUT2D eigenvalue weighted by molar-refractivity contribution is 0.0699. The minimum atomic E-state index is -0.996. The highest BCUT2D eigenvalue weighted by molar-refractivity contribution is 6.03. The van der Waals surface area contributed by atoms with E-state index in [2.05, 4.69) is 9.97 Å². The lowest BCUT2D eigenvalue weighted by Crippen LogP contribution is -1.98. The summed E-state index contributed by atoms with van der Waals surface area (Å²) in [6.45, 7) is 1.80. The number of benzene rings is 3. The van der Waals surface area contributed by atoms with Crippen LogP contribution in [-0.2, 0) is 0 Å². The van der Waals surface area contributed by atoms with Crippen molar-refractivity contribution in [3.63, 3.8) is 0 Å². The zero-order valence-corrected chi connectivity index (χ0v) is 14.0. The van der Waals surface area contributed by atoms with E-state index in [1.54, 1.807) is 25.1 Å². The number of aromatic hydroxyl groups is 1. The molecule has 3 aromatic carbocycles. The van der Waals surface area contributed by atoms with Crippen molar-refractivity contribution in [1.82, 2.24) is 9.97 Å². The van der Waals surface area contributed by atoms with Crippen LogP contribution in [-0.4, -0.2) is 26.2 Å². The van der Waals surface area contributed by atoms with Gasteiger partial charge in [0.2, 0.25) is 0 Å². The molecule has 0 unspecified atom stereocenters. The fourth-order valence-electron chi connectivity index (χ4n) is 3.08. The number of carboxylic acids is 1. The third-order valence-electron chi connectivity index (χ3n) is 4.35. The van der Waals surface area contributed by atoms with Gasteiger partial charge in [-0.15, -0.1) is 0 Å². The molecule has 0 atom stereocenters. The Kier molecular flexibility index (Phi) is 3.69. The van der Waals surface area contributed by atoms with E-state index in [0.717, 1.165) is 22.3 Å². The predicted molar refractivity (Wildman–Crippen MR) is 100 cm³/mol. The van der Waals surface area contributed by atoms with E-state index >= 15 is 0 Å². The molecule has 0 aliphatic rings. The summed E-state index contributed by atoms with van der Waals surface area (Å²) in [5.41, 5.74) is 5.12. The van der Waals surface area contributed by atoms with Gasteiger partial charge in [-0.05, 0) is 53.4 Å². The molecule has 0 bridgehead atoms. The Morgan fingerprint density at radius 1 is 0.885 bits per heavy atom. The summed E-state index contributed by atoms with van der Waals surface area (Å²) in [7, 11) is 0. The molecule has 5 heteroatoms. The van der Waals surface area contributed by atoms with E-state index in [1.807, 2.05) is 42.5 Å². The number of phenolic OH excluding ortho intramolecular Hbond substituents is 1. The molecular formula is C21H16N2O3. The molecule has 1 heterocycles. The highest BCUT2D eigenvalue weighted by atomic mass is 16.4. The Morgan fingerprint density at radius 2 is 1.42 bits per heavy atom. The van der Waals surface area contributed by atoms with E-state index in [-0.39, 0.29) is 11.3 Å². The summed E-state index contributed by atoms with van der Waals surface area (Å²) in [4.78, 5) is 19.0. The summed E-state index contributed by atoms with van der Waals surface area (Å²) in [5, 5.41) is 18.9. The average molecular weight is 344 g/mol. The van der Waals surface area contributed by atoms with Crippen LogP contribution in [0.4, 0.5) is 0 Å². The predicted octanol–water partition coefficient (Wildman–Crippen LogP) is 4.61.